The van der Waals surface area contributed by atoms with Gasteiger partial charge in [0.2, 0.25) is 11.7 Å². The van der Waals surface area contributed by atoms with Crippen LogP contribution in [0.25, 0.3) is 0 Å². The number of amides is 1. The average Bonchev–Trinajstić information content (AvgIpc) is 3.36. The number of hydrogen-bond acceptors (Lipinski definition) is 9. The fraction of sp³-hybridized carbons (Fsp3) is 0.440. The Hall–Kier alpha value is -3.86. The summed E-state index contributed by atoms with van der Waals surface area (Å²) in [6, 6.07) is 11.3. The molecule has 0 spiro atoms. The number of nitrogens with zero attached hydrogens (tertiary/aromatic N) is 5. The number of primary amides is 1. The van der Waals surface area contributed by atoms with Gasteiger partial charge in [-0.2, -0.15) is 0 Å². The van der Waals surface area contributed by atoms with Crippen molar-refractivity contribution in [2.75, 3.05) is 41.5 Å². The highest BCUT2D eigenvalue weighted by Gasteiger charge is 2.34. The maximum Gasteiger partial charge on any atom is 0.220 e. The fourth-order valence-electron chi connectivity index (χ4n) is 4.65. The van der Waals surface area contributed by atoms with Crippen LogP contribution in [0.4, 0.5) is 0 Å². The van der Waals surface area contributed by atoms with E-state index in [0.717, 1.165) is 16.9 Å². The molecule has 1 atom stereocenters. The molecule has 2 N–H and O–H groups in total. The Morgan fingerprint density at radius 1 is 1.00 bits per heavy atom. The van der Waals surface area contributed by atoms with Crippen molar-refractivity contribution in [1.82, 2.24) is 25.1 Å². The minimum atomic E-state index is -0.319. The number of methoxy groups -OCH3 is 4. The molecule has 1 saturated heterocycles. The Kier molecular flexibility index (Phi) is 7.89. The van der Waals surface area contributed by atoms with Gasteiger partial charge in [-0.25, -0.2) is 4.68 Å². The Morgan fingerprint density at radius 3 is 2.17 bits per heavy atom. The predicted octanol–water partition coefficient (Wildman–Crippen LogP) is 2.04. The zero-order valence-electron chi connectivity index (χ0n) is 21.0. The van der Waals surface area contributed by atoms with Crippen LogP contribution < -0.4 is 24.7 Å². The third-order valence-electron chi connectivity index (χ3n) is 6.60. The Bertz CT molecular complexity index is 1150. The highest BCUT2D eigenvalue weighted by molar-refractivity contribution is 5.76. The molecule has 1 aromatic heterocycles. The Balaban J connectivity index is 1.75. The van der Waals surface area contributed by atoms with Crippen molar-refractivity contribution in [1.29, 1.82) is 0 Å². The molecule has 3 aromatic rings. The number of rotatable bonds is 10. The second kappa shape index (κ2) is 11.3. The summed E-state index contributed by atoms with van der Waals surface area (Å²) in [7, 11) is 6.38. The first-order valence-corrected chi connectivity index (χ1v) is 11.7. The molecule has 4 rings (SSSR count). The zero-order valence-corrected chi connectivity index (χ0v) is 21.0. The minimum Gasteiger partial charge on any atom is -0.497 e. The first kappa shape index (κ1) is 25.2. The SMILES string of the molecule is COc1ccc(Cn2nnnc2[C@H](c2cc(OC)c(OC)c(OC)c2)N2CCC(C(N)=O)CC2)cc1. The molecule has 1 aliphatic rings. The Labute approximate surface area is 210 Å². The number of benzene rings is 2. The summed E-state index contributed by atoms with van der Waals surface area (Å²) >= 11 is 0. The summed E-state index contributed by atoms with van der Waals surface area (Å²) in [5.74, 6) is 2.63. The number of likely N-dealkylation sites (tertiary alicyclic amines) is 1. The van der Waals surface area contributed by atoms with E-state index in [1.54, 1.807) is 33.1 Å². The number of hydrogen-bond donors (Lipinski definition) is 1. The lowest BCUT2D eigenvalue weighted by Crippen LogP contribution is -2.41. The summed E-state index contributed by atoms with van der Waals surface area (Å²) in [4.78, 5) is 14.0. The molecule has 0 bridgehead atoms. The van der Waals surface area contributed by atoms with Gasteiger partial charge >= 0.3 is 0 Å². The fourth-order valence-corrected chi connectivity index (χ4v) is 4.65. The van der Waals surface area contributed by atoms with Gasteiger partial charge in [-0.3, -0.25) is 9.69 Å². The number of nitrogens with two attached hydrogens (primary N) is 1. The molecule has 1 aliphatic heterocycles. The van der Waals surface area contributed by atoms with Gasteiger partial charge in [-0.05, 0) is 71.8 Å². The van der Waals surface area contributed by atoms with Crippen LogP contribution in [-0.2, 0) is 11.3 Å². The highest BCUT2D eigenvalue weighted by Crippen LogP contribution is 2.42. The smallest absolute Gasteiger partial charge is 0.220 e. The van der Waals surface area contributed by atoms with Crippen molar-refractivity contribution >= 4 is 5.91 Å². The van der Waals surface area contributed by atoms with E-state index < -0.39 is 0 Å². The van der Waals surface area contributed by atoms with Gasteiger partial charge in [0.15, 0.2) is 17.3 Å². The predicted molar refractivity (Wildman–Crippen MR) is 131 cm³/mol. The minimum absolute atomic E-state index is 0.142. The standard InChI is InChI=1S/C25H32N6O5/c1-33-19-7-5-16(6-8-19)15-31-25(27-28-29-31)22(30-11-9-17(10-12-30)24(26)32)18-13-20(34-2)23(36-4)21(14-18)35-3/h5-8,13-14,17,22H,9-12,15H2,1-4H3,(H2,26,32)/t22-/m0/s1. The maximum absolute atomic E-state index is 11.8. The van der Waals surface area contributed by atoms with Crippen molar-refractivity contribution in [3.8, 4) is 23.0 Å². The third kappa shape index (κ3) is 5.20. The molecular weight excluding hydrogens is 464 g/mol. The van der Waals surface area contributed by atoms with Gasteiger partial charge in [-0.15, -0.1) is 5.10 Å². The third-order valence-corrected chi connectivity index (χ3v) is 6.60. The average molecular weight is 497 g/mol. The molecule has 1 fully saturated rings. The topological polar surface area (TPSA) is 127 Å². The summed E-state index contributed by atoms with van der Waals surface area (Å²) in [6.45, 7) is 1.79. The normalized spacial score (nSPS) is 15.3. The van der Waals surface area contributed by atoms with E-state index in [4.69, 9.17) is 24.7 Å². The molecule has 0 unspecified atom stereocenters. The summed E-state index contributed by atoms with van der Waals surface area (Å²) in [6.07, 6.45) is 1.33. The molecule has 192 valence electrons. The molecule has 36 heavy (non-hydrogen) atoms. The molecule has 1 amide bonds. The first-order chi connectivity index (χ1) is 17.5. The van der Waals surface area contributed by atoms with Crippen LogP contribution in [0.3, 0.4) is 0 Å². The quantitative estimate of drug-likeness (QED) is 0.448. The lowest BCUT2D eigenvalue weighted by Gasteiger charge is -2.36. The number of piperidine rings is 1. The van der Waals surface area contributed by atoms with Gasteiger partial charge < -0.3 is 24.7 Å². The Morgan fingerprint density at radius 2 is 1.64 bits per heavy atom. The van der Waals surface area contributed by atoms with E-state index in [9.17, 15) is 4.79 Å². The van der Waals surface area contributed by atoms with E-state index in [1.165, 1.54) is 0 Å². The van der Waals surface area contributed by atoms with Crippen molar-refractivity contribution in [2.45, 2.75) is 25.4 Å². The van der Waals surface area contributed by atoms with Gasteiger partial charge in [0, 0.05) is 5.92 Å². The van der Waals surface area contributed by atoms with Gasteiger partial charge in [0.25, 0.3) is 0 Å². The van der Waals surface area contributed by atoms with E-state index in [1.807, 2.05) is 36.4 Å². The van der Waals surface area contributed by atoms with Crippen molar-refractivity contribution in [2.24, 2.45) is 11.7 Å². The number of ether oxygens (including phenoxy) is 4. The highest BCUT2D eigenvalue weighted by atomic mass is 16.5. The number of carbonyl (C=O) groups is 1. The van der Waals surface area contributed by atoms with Crippen LogP contribution in [-0.4, -0.2) is 72.5 Å². The monoisotopic (exact) mass is 496 g/mol. The number of aromatic nitrogens is 4. The molecule has 11 heteroatoms. The summed E-state index contributed by atoms with van der Waals surface area (Å²) < 4.78 is 23.8. The van der Waals surface area contributed by atoms with E-state index in [-0.39, 0.29) is 17.9 Å². The molecule has 11 nitrogen and oxygen atoms in total. The molecule has 2 aromatic carbocycles. The molecular formula is C25H32N6O5. The van der Waals surface area contributed by atoms with Crippen LogP contribution in [0.1, 0.15) is 35.8 Å². The summed E-state index contributed by atoms with van der Waals surface area (Å²) in [5, 5.41) is 12.7. The van der Waals surface area contributed by atoms with Gasteiger partial charge in [0.1, 0.15) is 5.75 Å². The molecule has 0 aliphatic carbocycles. The van der Waals surface area contributed by atoms with E-state index in [2.05, 4.69) is 20.4 Å². The molecule has 0 saturated carbocycles. The van der Waals surface area contributed by atoms with Crippen LogP contribution in [0.15, 0.2) is 36.4 Å². The van der Waals surface area contributed by atoms with Crippen LogP contribution in [0.2, 0.25) is 0 Å². The lowest BCUT2D eigenvalue weighted by molar-refractivity contribution is -0.123. The van der Waals surface area contributed by atoms with Crippen molar-refractivity contribution in [3.63, 3.8) is 0 Å². The maximum atomic E-state index is 11.8. The molecule has 0 radical (unpaired) electrons. The van der Waals surface area contributed by atoms with Crippen molar-refractivity contribution in [3.05, 3.63) is 53.3 Å². The van der Waals surface area contributed by atoms with E-state index >= 15 is 0 Å². The number of carbonyl (C=O) groups excluding carboxylic acids is 1. The number of tetrazole rings is 1. The second-order valence-electron chi connectivity index (χ2n) is 8.62. The van der Waals surface area contributed by atoms with Gasteiger partial charge in [0.05, 0.1) is 41.0 Å². The van der Waals surface area contributed by atoms with Crippen molar-refractivity contribution < 1.29 is 23.7 Å². The van der Waals surface area contributed by atoms with Gasteiger partial charge in [-0.1, -0.05) is 12.1 Å². The zero-order chi connectivity index (χ0) is 25.7. The molecule has 2 heterocycles. The second-order valence-corrected chi connectivity index (χ2v) is 8.62. The van der Waals surface area contributed by atoms with Crippen LogP contribution in [0.5, 0.6) is 23.0 Å². The summed E-state index contributed by atoms with van der Waals surface area (Å²) in [5.41, 5.74) is 7.49. The van der Waals surface area contributed by atoms with Crippen LogP contribution in [0, 0.1) is 5.92 Å². The largest absolute Gasteiger partial charge is 0.497 e. The lowest BCUT2D eigenvalue weighted by atomic mass is 9.93. The van der Waals surface area contributed by atoms with Crippen LogP contribution >= 0.6 is 0 Å². The first-order valence-electron chi connectivity index (χ1n) is 11.7. The van der Waals surface area contributed by atoms with E-state index in [0.29, 0.717) is 55.5 Å².